The van der Waals surface area contributed by atoms with Gasteiger partial charge in [-0.3, -0.25) is 0 Å². The molecule has 0 bridgehead atoms. The molecule has 1 aliphatic rings. The Kier molecular flexibility index (Phi) is 5.59. The number of benzene rings is 1. The number of aromatic nitrogens is 3. The summed E-state index contributed by atoms with van der Waals surface area (Å²) < 4.78 is 25.4. The predicted octanol–water partition coefficient (Wildman–Crippen LogP) is 3.60. The summed E-state index contributed by atoms with van der Waals surface area (Å²) in [6.07, 6.45) is 7.49. The van der Waals surface area contributed by atoms with Crippen molar-refractivity contribution in [3.8, 4) is 11.8 Å². The number of rotatable bonds is 4. The molecule has 7 heteroatoms. The minimum absolute atomic E-state index is 0.0497. The molecule has 3 unspecified atom stereocenters. The van der Waals surface area contributed by atoms with Gasteiger partial charge in [0.15, 0.2) is 0 Å². The van der Waals surface area contributed by atoms with Crippen LogP contribution in [0, 0.1) is 23.7 Å². The van der Waals surface area contributed by atoms with E-state index in [1.54, 1.807) is 0 Å². The molecule has 1 aromatic carbocycles. The van der Waals surface area contributed by atoms with Crippen LogP contribution >= 0.6 is 0 Å². The van der Waals surface area contributed by atoms with Crippen LogP contribution in [0.1, 0.15) is 37.4 Å². The molecule has 1 aliphatic carbocycles. The maximum atomic E-state index is 11.7. The Hall–Kier alpha value is -3.11. The third-order valence-corrected chi connectivity index (χ3v) is 7.08. The fourth-order valence-electron chi connectivity index (χ4n) is 4.20. The van der Waals surface area contributed by atoms with Gasteiger partial charge < -0.3 is 10.3 Å². The number of nitrogens with zero attached hydrogens (tertiary/aromatic N) is 3. The summed E-state index contributed by atoms with van der Waals surface area (Å²) in [6, 6.07) is 9.84. The summed E-state index contributed by atoms with van der Waals surface area (Å²) in [5.74, 6) is 7.57. The number of nitrogen functional groups attached to an aromatic ring is 1. The Bertz CT molecular complexity index is 1310. The van der Waals surface area contributed by atoms with Crippen molar-refractivity contribution < 1.29 is 8.42 Å². The van der Waals surface area contributed by atoms with Gasteiger partial charge in [-0.05, 0) is 30.4 Å². The molecule has 6 nitrogen and oxygen atoms in total. The molecule has 0 amide bonds. The maximum absolute atomic E-state index is 11.7. The summed E-state index contributed by atoms with van der Waals surface area (Å²) >= 11 is 0. The Balaban J connectivity index is 1.77. The Morgan fingerprint density at radius 3 is 2.58 bits per heavy atom. The van der Waals surface area contributed by atoms with E-state index in [9.17, 15) is 8.42 Å². The van der Waals surface area contributed by atoms with Crippen molar-refractivity contribution in [2.24, 2.45) is 11.8 Å². The molecule has 2 aromatic heterocycles. The largest absolute Gasteiger partial charge is 0.383 e. The predicted molar refractivity (Wildman–Crippen MR) is 124 cm³/mol. The van der Waals surface area contributed by atoms with Crippen molar-refractivity contribution in [3.05, 3.63) is 65.6 Å². The van der Waals surface area contributed by atoms with Gasteiger partial charge in [-0.2, -0.15) is 0 Å². The summed E-state index contributed by atoms with van der Waals surface area (Å²) in [4.78, 5) is 8.68. The summed E-state index contributed by atoms with van der Waals surface area (Å²) in [6.45, 7) is 4.34. The van der Waals surface area contributed by atoms with Crippen molar-refractivity contribution >= 4 is 26.7 Å². The number of hydrogen-bond acceptors (Lipinski definition) is 5. The number of anilines is 1. The van der Waals surface area contributed by atoms with Gasteiger partial charge in [0.1, 0.15) is 27.6 Å². The first-order valence-corrected chi connectivity index (χ1v) is 12.4. The first kappa shape index (κ1) is 21.1. The van der Waals surface area contributed by atoms with Crippen molar-refractivity contribution in [3.63, 3.8) is 0 Å². The van der Waals surface area contributed by atoms with Crippen LogP contribution in [-0.4, -0.2) is 35.0 Å². The standard InChI is InChI=1S/C24H26N4O2S/c1-16-17(2)21(13-19(16)11-12-31(3,29)30)28-14-20(10-9-18-7-5-4-6-8-18)22-23(25)26-15-27-24(22)28/h4-8,13-17,21H,11-12H2,1-3H3,(H2,25,26,27). The summed E-state index contributed by atoms with van der Waals surface area (Å²) in [5.41, 5.74) is 9.83. The van der Waals surface area contributed by atoms with Crippen LogP contribution in [0.4, 0.5) is 5.82 Å². The lowest BCUT2D eigenvalue weighted by Crippen LogP contribution is -2.16. The molecule has 2 N–H and O–H groups in total. The van der Waals surface area contributed by atoms with Crippen LogP contribution < -0.4 is 5.73 Å². The molecule has 0 saturated heterocycles. The molecule has 2 heterocycles. The van der Waals surface area contributed by atoms with Crippen molar-refractivity contribution in [1.29, 1.82) is 0 Å². The minimum Gasteiger partial charge on any atom is -0.383 e. The lowest BCUT2D eigenvalue weighted by molar-refractivity contribution is 0.373. The van der Waals surface area contributed by atoms with E-state index in [1.165, 1.54) is 18.2 Å². The average molecular weight is 435 g/mol. The second-order valence-electron chi connectivity index (χ2n) is 8.28. The zero-order valence-electron chi connectivity index (χ0n) is 17.9. The molecule has 31 heavy (non-hydrogen) atoms. The van der Waals surface area contributed by atoms with Crippen LogP contribution in [0.15, 0.2) is 54.5 Å². The Morgan fingerprint density at radius 2 is 1.87 bits per heavy atom. The smallest absolute Gasteiger partial charge is 0.147 e. The zero-order chi connectivity index (χ0) is 22.2. The fraction of sp³-hybridized carbons (Fsp3) is 0.333. The molecule has 0 spiro atoms. The third kappa shape index (κ3) is 4.35. The van der Waals surface area contributed by atoms with Gasteiger partial charge in [-0.15, -0.1) is 0 Å². The monoisotopic (exact) mass is 434 g/mol. The quantitative estimate of drug-likeness (QED) is 0.500. The highest BCUT2D eigenvalue weighted by Gasteiger charge is 2.33. The fourth-order valence-corrected chi connectivity index (χ4v) is 4.80. The van der Waals surface area contributed by atoms with Gasteiger partial charge in [-0.25, -0.2) is 18.4 Å². The third-order valence-electron chi connectivity index (χ3n) is 6.13. The highest BCUT2D eigenvalue weighted by molar-refractivity contribution is 7.90. The first-order chi connectivity index (χ1) is 14.7. The highest BCUT2D eigenvalue weighted by Crippen LogP contribution is 2.42. The van der Waals surface area contributed by atoms with Crippen LogP contribution in [-0.2, 0) is 9.84 Å². The highest BCUT2D eigenvalue weighted by atomic mass is 32.2. The molecule has 3 atom stereocenters. The van der Waals surface area contributed by atoms with Gasteiger partial charge in [0.25, 0.3) is 0 Å². The molecule has 0 radical (unpaired) electrons. The van der Waals surface area contributed by atoms with Crippen LogP contribution in [0.3, 0.4) is 0 Å². The molecule has 160 valence electrons. The van der Waals surface area contributed by atoms with Crippen molar-refractivity contribution in [1.82, 2.24) is 14.5 Å². The number of nitrogens with two attached hydrogens (primary N) is 1. The van der Waals surface area contributed by atoms with Gasteiger partial charge >= 0.3 is 0 Å². The average Bonchev–Trinajstić information content (AvgIpc) is 3.24. The number of allylic oxidation sites excluding steroid dienone is 2. The van der Waals surface area contributed by atoms with Gasteiger partial charge in [0.05, 0.1) is 22.7 Å². The lowest BCUT2D eigenvalue weighted by Gasteiger charge is -2.21. The number of fused-ring (bicyclic) bond motifs is 1. The van der Waals surface area contributed by atoms with E-state index in [1.807, 2.05) is 36.5 Å². The Morgan fingerprint density at radius 1 is 1.13 bits per heavy atom. The van der Waals surface area contributed by atoms with Crippen LogP contribution in [0.25, 0.3) is 11.0 Å². The van der Waals surface area contributed by atoms with Gasteiger partial charge in [-0.1, -0.05) is 55.5 Å². The normalized spacial score (nSPS) is 21.0. The van der Waals surface area contributed by atoms with E-state index in [4.69, 9.17) is 5.73 Å². The van der Waals surface area contributed by atoms with E-state index in [0.717, 1.165) is 22.2 Å². The maximum Gasteiger partial charge on any atom is 0.147 e. The molecule has 0 fully saturated rings. The summed E-state index contributed by atoms with van der Waals surface area (Å²) in [7, 11) is -3.01. The zero-order valence-corrected chi connectivity index (χ0v) is 18.7. The van der Waals surface area contributed by atoms with Gasteiger partial charge in [0.2, 0.25) is 0 Å². The second kappa shape index (κ2) is 8.20. The second-order valence-corrected chi connectivity index (χ2v) is 10.5. The van der Waals surface area contributed by atoms with E-state index >= 15 is 0 Å². The number of hydrogen-bond donors (Lipinski definition) is 1. The topological polar surface area (TPSA) is 90.9 Å². The molecular formula is C24H26N4O2S. The molecule has 3 aromatic rings. The van der Waals surface area contributed by atoms with Crippen LogP contribution in [0.2, 0.25) is 0 Å². The first-order valence-electron chi connectivity index (χ1n) is 10.3. The molecule has 0 aliphatic heterocycles. The van der Waals surface area contributed by atoms with E-state index in [-0.39, 0.29) is 23.6 Å². The van der Waals surface area contributed by atoms with E-state index in [2.05, 4.69) is 46.3 Å². The molecular weight excluding hydrogens is 408 g/mol. The molecule has 0 saturated carbocycles. The Labute approximate surface area is 183 Å². The van der Waals surface area contributed by atoms with Gasteiger partial charge in [0, 0.05) is 18.0 Å². The van der Waals surface area contributed by atoms with Crippen LogP contribution in [0.5, 0.6) is 0 Å². The number of sulfone groups is 1. The lowest BCUT2D eigenvalue weighted by atomic mass is 9.92. The summed E-state index contributed by atoms with van der Waals surface area (Å²) in [5, 5.41) is 0.753. The van der Waals surface area contributed by atoms with E-state index in [0.29, 0.717) is 12.2 Å². The SMILES string of the molecule is CC1C(CCS(C)(=O)=O)=CC(n2cc(C#Cc3ccccc3)c3c(N)ncnc32)C1C. The van der Waals surface area contributed by atoms with E-state index < -0.39 is 9.84 Å². The molecule has 4 rings (SSSR count). The van der Waals surface area contributed by atoms with Crippen molar-refractivity contribution in [2.45, 2.75) is 26.3 Å². The van der Waals surface area contributed by atoms with Crippen molar-refractivity contribution in [2.75, 3.05) is 17.7 Å². The minimum atomic E-state index is -3.01.